The molecular formula is C13H19N5O2. The number of hydrogen-bond donors (Lipinski definition) is 3. The monoisotopic (exact) mass is 277 g/mol. The summed E-state index contributed by atoms with van der Waals surface area (Å²) in [5, 5.41) is 18.6. The first-order chi connectivity index (χ1) is 9.63. The van der Waals surface area contributed by atoms with Crippen molar-refractivity contribution in [3.05, 3.63) is 11.8 Å². The van der Waals surface area contributed by atoms with E-state index >= 15 is 0 Å². The van der Waals surface area contributed by atoms with Gasteiger partial charge in [-0.15, -0.1) is 0 Å². The molecule has 0 spiro atoms. The van der Waals surface area contributed by atoms with Crippen LogP contribution in [0.4, 0.5) is 5.82 Å². The summed E-state index contributed by atoms with van der Waals surface area (Å²) >= 11 is 0. The molecule has 7 heteroatoms. The van der Waals surface area contributed by atoms with E-state index in [0.717, 1.165) is 12.8 Å². The van der Waals surface area contributed by atoms with Gasteiger partial charge in [0.15, 0.2) is 5.84 Å². The number of fused-ring (bicyclic) bond motifs is 1. The van der Waals surface area contributed by atoms with Crippen LogP contribution in [0.25, 0.3) is 0 Å². The molecule has 1 heterocycles. The summed E-state index contributed by atoms with van der Waals surface area (Å²) < 4.78 is 1.53. The third-order valence-corrected chi connectivity index (χ3v) is 4.52. The molecule has 2 fully saturated rings. The van der Waals surface area contributed by atoms with E-state index in [1.807, 2.05) is 0 Å². The van der Waals surface area contributed by atoms with Crippen LogP contribution in [0.15, 0.2) is 11.4 Å². The SMILES string of the molecule is Cn1ncc(C(N)=NO)c1NC(=O)C1C2CCCCC21. The number of carbonyl (C=O) groups excluding carboxylic acids is 1. The number of nitrogens with two attached hydrogens (primary N) is 1. The van der Waals surface area contributed by atoms with E-state index in [0.29, 0.717) is 23.2 Å². The molecule has 0 bridgehead atoms. The van der Waals surface area contributed by atoms with E-state index in [4.69, 9.17) is 10.9 Å². The lowest BCUT2D eigenvalue weighted by Gasteiger charge is -2.07. The third kappa shape index (κ3) is 2.03. The number of nitrogens with zero attached hydrogens (tertiary/aromatic N) is 3. The van der Waals surface area contributed by atoms with Gasteiger partial charge in [-0.25, -0.2) is 0 Å². The molecule has 20 heavy (non-hydrogen) atoms. The molecule has 2 aliphatic rings. The van der Waals surface area contributed by atoms with Crippen LogP contribution >= 0.6 is 0 Å². The smallest absolute Gasteiger partial charge is 0.229 e. The van der Waals surface area contributed by atoms with Crippen molar-refractivity contribution in [2.45, 2.75) is 25.7 Å². The van der Waals surface area contributed by atoms with Crippen molar-refractivity contribution in [2.75, 3.05) is 5.32 Å². The maximum absolute atomic E-state index is 12.4. The van der Waals surface area contributed by atoms with Crippen molar-refractivity contribution in [3.63, 3.8) is 0 Å². The first-order valence-corrected chi connectivity index (χ1v) is 6.94. The Labute approximate surface area is 116 Å². The Bertz CT molecular complexity index is 553. The highest BCUT2D eigenvalue weighted by Crippen LogP contribution is 2.55. The number of aryl methyl sites for hydroxylation is 1. The van der Waals surface area contributed by atoms with Crippen molar-refractivity contribution >= 4 is 17.6 Å². The third-order valence-electron chi connectivity index (χ3n) is 4.52. The Kier molecular flexibility index (Phi) is 3.11. The van der Waals surface area contributed by atoms with Gasteiger partial charge in [0.1, 0.15) is 5.82 Å². The number of oxime groups is 1. The lowest BCUT2D eigenvalue weighted by Crippen LogP contribution is -2.21. The van der Waals surface area contributed by atoms with Crippen LogP contribution < -0.4 is 11.1 Å². The summed E-state index contributed by atoms with van der Waals surface area (Å²) in [5.74, 6) is 1.66. The second kappa shape index (κ2) is 4.81. The fourth-order valence-electron chi connectivity index (χ4n) is 3.41. The molecule has 1 aromatic heterocycles. The average Bonchev–Trinajstić information content (AvgIpc) is 3.09. The molecule has 1 amide bonds. The fraction of sp³-hybridized carbons (Fsp3) is 0.615. The van der Waals surface area contributed by atoms with E-state index in [1.165, 1.54) is 23.7 Å². The highest BCUT2D eigenvalue weighted by atomic mass is 16.4. The Morgan fingerprint density at radius 2 is 2.15 bits per heavy atom. The Hall–Kier alpha value is -2.05. The number of amidine groups is 1. The quantitative estimate of drug-likeness (QED) is 0.330. The zero-order valence-corrected chi connectivity index (χ0v) is 11.4. The predicted octanol–water partition coefficient (Wildman–Crippen LogP) is 0.889. The molecule has 2 unspecified atom stereocenters. The summed E-state index contributed by atoms with van der Waals surface area (Å²) in [5.41, 5.74) is 6.03. The maximum atomic E-state index is 12.4. The van der Waals surface area contributed by atoms with E-state index in [9.17, 15) is 4.79 Å². The predicted molar refractivity (Wildman–Crippen MR) is 73.3 cm³/mol. The van der Waals surface area contributed by atoms with Gasteiger partial charge < -0.3 is 16.3 Å². The van der Waals surface area contributed by atoms with Gasteiger partial charge in [0.2, 0.25) is 5.91 Å². The molecule has 1 aromatic rings. The van der Waals surface area contributed by atoms with E-state index < -0.39 is 0 Å². The molecule has 2 saturated carbocycles. The van der Waals surface area contributed by atoms with Crippen LogP contribution in [0.3, 0.4) is 0 Å². The van der Waals surface area contributed by atoms with Gasteiger partial charge in [0, 0.05) is 13.0 Å². The summed E-state index contributed by atoms with van der Waals surface area (Å²) in [7, 11) is 1.71. The average molecular weight is 277 g/mol. The Balaban J connectivity index is 1.75. The molecule has 0 aliphatic heterocycles. The molecule has 2 aliphatic carbocycles. The van der Waals surface area contributed by atoms with Crippen LogP contribution in [0.2, 0.25) is 0 Å². The maximum Gasteiger partial charge on any atom is 0.229 e. The van der Waals surface area contributed by atoms with Crippen LogP contribution in [-0.4, -0.2) is 26.7 Å². The molecule has 7 nitrogen and oxygen atoms in total. The minimum Gasteiger partial charge on any atom is -0.409 e. The van der Waals surface area contributed by atoms with E-state index in [-0.39, 0.29) is 17.7 Å². The lowest BCUT2D eigenvalue weighted by molar-refractivity contribution is -0.117. The number of anilines is 1. The summed E-state index contributed by atoms with van der Waals surface area (Å²) in [6.07, 6.45) is 6.24. The Morgan fingerprint density at radius 1 is 1.50 bits per heavy atom. The van der Waals surface area contributed by atoms with Gasteiger partial charge >= 0.3 is 0 Å². The summed E-state index contributed by atoms with van der Waals surface area (Å²) in [6.45, 7) is 0. The number of rotatable bonds is 3. The van der Waals surface area contributed by atoms with Gasteiger partial charge in [-0.05, 0) is 24.7 Å². The molecule has 4 N–H and O–H groups in total. The van der Waals surface area contributed by atoms with Gasteiger partial charge in [-0.1, -0.05) is 18.0 Å². The van der Waals surface area contributed by atoms with Crippen molar-refractivity contribution in [3.8, 4) is 0 Å². The second-order valence-electron chi connectivity index (χ2n) is 5.64. The standard InChI is InChI=1S/C13H19N5O2/c1-18-12(9(6-15-18)11(14)17-20)16-13(19)10-7-4-2-3-5-8(7)10/h6-8,10,20H,2-5H2,1H3,(H2,14,17)(H,16,19). The van der Waals surface area contributed by atoms with Crippen molar-refractivity contribution in [1.29, 1.82) is 0 Å². The second-order valence-corrected chi connectivity index (χ2v) is 5.64. The zero-order chi connectivity index (χ0) is 14.3. The van der Waals surface area contributed by atoms with Crippen molar-refractivity contribution < 1.29 is 10.0 Å². The van der Waals surface area contributed by atoms with E-state index in [1.54, 1.807) is 7.05 Å². The van der Waals surface area contributed by atoms with Crippen LogP contribution in [0, 0.1) is 17.8 Å². The van der Waals surface area contributed by atoms with Gasteiger partial charge in [-0.2, -0.15) is 5.10 Å². The van der Waals surface area contributed by atoms with Crippen LogP contribution in [0.5, 0.6) is 0 Å². The number of aromatic nitrogens is 2. The van der Waals surface area contributed by atoms with E-state index in [2.05, 4.69) is 15.6 Å². The van der Waals surface area contributed by atoms with Crippen molar-refractivity contribution in [2.24, 2.45) is 35.7 Å². The molecular weight excluding hydrogens is 258 g/mol. The molecule has 0 saturated heterocycles. The van der Waals surface area contributed by atoms with Gasteiger partial charge in [-0.3, -0.25) is 9.48 Å². The highest BCUT2D eigenvalue weighted by Gasteiger charge is 2.54. The molecule has 3 rings (SSSR count). The first-order valence-electron chi connectivity index (χ1n) is 6.94. The summed E-state index contributed by atoms with van der Waals surface area (Å²) in [6, 6.07) is 0. The fourth-order valence-corrected chi connectivity index (χ4v) is 3.41. The lowest BCUT2D eigenvalue weighted by atomic mass is 10.0. The molecule has 2 atom stereocenters. The molecule has 0 radical (unpaired) electrons. The zero-order valence-electron chi connectivity index (χ0n) is 11.4. The van der Waals surface area contributed by atoms with Gasteiger partial charge in [0.25, 0.3) is 0 Å². The minimum absolute atomic E-state index is 0.0255. The minimum atomic E-state index is -0.0541. The van der Waals surface area contributed by atoms with Crippen LogP contribution in [0.1, 0.15) is 31.2 Å². The Morgan fingerprint density at radius 3 is 2.75 bits per heavy atom. The number of amides is 1. The normalized spacial score (nSPS) is 28.9. The highest BCUT2D eigenvalue weighted by molar-refractivity contribution is 6.05. The number of nitrogens with one attached hydrogen (secondary N) is 1. The molecule has 108 valence electrons. The number of carbonyl (C=O) groups is 1. The topological polar surface area (TPSA) is 106 Å². The number of hydrogen-bond acceptors (Lipinski definition) is 4. The largest absolute Gasteiger partial charge is 0.409 e. The first kappa shape index (κ1) is 13.0. The molecule has 0 aromatic carbocycles. The summed E-state index contributed by atoms with van der Waals surface area (Å²) in [4.78, 5) is 12.4. The van der Waals surface area contributed by atoms with Gasteiger partial charge in [0.05, 0.1) is 11.8 Å². The van der Waals surface area contributed by atoms with Crippen LogP contribution in [-0.2, 0) is 11.8 Å². The van der Waals surface area contributed by atoms with Crippen molar-refractivity contribution in [1.82, 2.24) is 9.78 Å².